The number of rotatable bonds is 5. The molecule has 1 aliphatic rings. The molecule has 1 heterocycles. The molecule has 5 heteroatoms. The number of ether oxygens (including phenoxy) is 3. The van der Waals surface area contributed by atoms with Gasteiger partial charge in [-0.2, -0.15) is 0 Å². The van der Waals surface area contributed by atoms with Gasteiger partial charge in [-0.25, -0.2) is 4.79 Å². The number of esters is 1. The molecule has 0 spiro atoms. The fourth-order valence-electron chi connectivity index (χ4n) is 1.64. The lowest BCUT2D eigenvalue weighted by Crippen LogP contribution is -2.28. The summed E-state index contributed by atoms with van der Waals surface area (Å²) in [7, 11) is 0. The Morgan fingerprint density at radius 1 is 1.35 bits per heavy atom. The number of carbonyl (C=O) groups excluding carboxylic acids is 1. The van der Waals surface area contributed by atoms with Crippen LogP contribution in [0, 0.1) is 0 Å². The molecule has 0 aromatic rings. The fraction of sp³-hybridized carbons (Fsp3) is 0.917. The lowest BCUT2D eigenvalue weighted by molar-refractivity contribution is -0.159. The van der Waals surface area contributed by atoms with E-state index in [1.807, 2.05) is 20.8 Å². The molecule has 0 aromatic heterocycles. The monoisotopic (exact) mass is 245 g/mol. The van der Waals surface area contributed by atoms with Gasteiger partial charge in [-0.1, -0.05) is 0 Å². The van der Waals surface area contributed by atoms with Gasteiger partial charge in [0.1, 0.15) is 6.61 Å². The maximum absolute atomic E-state index is 11.6. The molecule has 0 amide bonds. The highest BCUT2D eigenvalue weighted by atomic mass is 16.6. The molecule has 2 N–H and O–H groups in total. The van der Waals surface area contributed by atoms with Crippen LogP contribution in [-0.4, -0.2) is 43.5 Å². The molecular formula is C12H23NO4. The highest BCUT2D eigenvalue weighted by molar-refractivity contribution is 5.74. The van der Waals surface area contributed by atoms with E-state index < -0.39 is 6.10 Å². The SMILES string of the molecule is CC(C)(C)OCCOC(=O)C1CCC(CN)O1. The van der Waals surface area contributed by atoms with Crippen LogP contribution < -0.4 is 5.73 Å². The molecule has 2 atom stereocenters. The minimum Gasteiger partial charge on any atom is -0.461 e. The molecule has 17 heavy (non-hydrogen) atoms. The van der Waals surface area contributed by atoms with Crippen LogP contribution in [0.4, 0.5) is 0 Å². The minimum atomic E-state index is -0.446. The van der Waals surface area contributed by atoms with Crippen LogP contribution in [0.1, 0.15) is 33.6 Å². The maximum Gasteiger partial charge on any atom is 0.335 e. The second-order valence-corrected chi connectivity index (χ2v) is 5.19. The molecule has 0 aromatic carbocycles. The van der Waals surface area contributed by atoms with E-state index in [1.54, 1.807) is 0 Å². The van der Waals surface area contributed by atoms with Crippen LogP contribution in [0.5, 0.6) is 0 Å². The first-order valence-corrected chi connectivity index (χ1v) is 6.08. The van der Waals surface area contributed by atoms with Crippen molar-refractivity contribution in [2.24, 2.45) is 5.73 Å². The molecule has 1 rings (SSSR count). The quantitative estimate of drug-likeness (QED) is 0.574. The van der Waals surface area contributed by atoms with Gasteiger partial charge in [-0.15, -0.1) is 0 Å². The highest BCUT2D eigenvalue weighted by Crippen LogP contribution is 2.19. The Hall–Kier alpha value is -0.650. The average Bonchev–Trinajstić information content (AvgIpc) is 2.71. The molecular weight excluding hydrogens is 222 g/mol. The molecule has 1 aliphatic heterocycles. The summed E-state index contributed by atoms with van der Waals surface area (Å²) in [6.07, 6.45) is 1.08. The number of hydrogen-bond donors (Lipinski definition) is 1. The van der Waals surface area contributed by atoms with E-state index in [4.69, 9.17) is 19.9 Å². The first-order chi connectivity index (χ1) is 7.92. The van der Waals surface area contributed by atoms with Crippen LogP contribution in [0.15, 0.2) is 0 Å². The zero-order valence-corrected chi connectivity index (χ0v) is 10.9. The van der Waals surface area contributed by atoms with Gasteiger partial charge in [0, 0.05) is 6.54 Å². The highest BCUT2D eigenvalue weighted by Gasteiger charge is 2.30. The van der Waals surface area contributed by atoms with Crippen molar-refractivity contribution in [3.05, 3.63) is 0 Å². The summed E-state index contributed by atoms with van der Waals surface area (Å²) >= 11 is 0. The fourth-order valence-corrected chi connectivity index (χ4v) is 1.64. The van der Waals surface area contributed by atoms with Gasteiger partial charge in [0.05, 0.1) is 18.3 Å². The zero-order valence-electron chi connectivity index (χ0n) is 10.9. The smallest absolute Gasteiger partial charge is 0.335 e. The van der Waals surface area contributed by atoms with E-state index in [-0.39, 0.29) is 24.3 Å². The molecule has 100 valence electrons. The van der Waals surface area contributed by atoms with Crippen molar-refractivity contribution in [1.82, 2.24) is 0 Å². The van der Waals surface area contributed by atoms with Crippen LogP contribution in [0.25, 0.3) is 0 Å². The minimum absolute atomic E-state index is 0.00150. The average molecular weight is 245 g/mol. The second kappa shape index (κ2) is 6.33. The number of nitrogens with two attached hydrogens (primary N) is 1. The van der Waals surface area contributed by atoms with Crippen molar-refractivity contribution < 1.29 is 19.0 Å². The van der Waals surface area contributed by atoms with Crippen LogP contribution in [-0.2, 0) is 19.0 Å². The van der Waals surface area contributed by atoms with Crippen LogP contribution >= 0.6 is 0 Å². The van der Waals surface area contributed by atoms with Gasteiger partial charge in [-0.3, -0.25) is 0 Å². The van der Waals surface area contributed by atoms with Gasteiger partial charge in [-0.05, 0) is 33.6 Å². The largest absolute Gasteiger partial charge is 0.461 e. The Kier molecular flexibility index (Phi) is 5.36. The third-order valence-electron chi connectivity index (χ3n) is 2.50. The zero-order chi connectivity index (χ0) is 12.9. The number of carbonyl (C=O) groups is 1. The summed E-state index contributed by atoms with van der Waals surface area (Å²) in [5.74, 6) is -0.307. The second-order valence-electron chi connectivity index (χ2n) is 5.19. The predicted molar refractivity (Wildman–Crippen MR) is 63.6 cm³/mol. The van der Waals surface area contributed by atoms with Gasteiger partial charge in [0.2, 0.25) is 0 Å². The Bertz CT molecular complexity index is 249. The predicted octanol–water partition coefficient (Wildman–Crippen LogP) is 0.851. The Morgan fingerprint density at radius 3 is 2.59 bits per heavy atom. The molecule has 1 saturated heterocycles. The third kappa shape index (κ3) is 5.48. The van der Waals surface area contributed by atoms with Crippen molar-refractivity contribution in [1.29, 1.82) is 0 Å². The molecule has 0 radical (unpaired) electrons. The van der Waals surface area contributed by atoms with Crippen molar-refractivity contribution >= 4 is 5.97 Å². The van der Waals surface area contributed by atoms with E-state index in [1.165, 1.54) is 0 Å². The normalized spacial score (nSPS) is 24.9. The summed E-state index contributed by atoms with van der Waals surface area (Å²) in [5, 5.41) is 0. The van der Waals surface area contributed by atoms with Crippen LogP contribution in [0.3, 0.4) is 0 Å². The van der Waals surface area contributed by atoms with Gasteiger partial charge < -0.3 is 19.9 Å². The summed E-state index contributed by atoms with van der Waals surface area (Å²) in [5.41, 5.74) is 5.26. The lowest BCUT2D eigenvalue weighted by atomic mass is 10.2. The van der Waals surface area contributed by atoms with Gasteiger partial charge >= 0.3 is 5.97 Å². The Balaban J connectivity index is 2.14. The van der Waals surface area contributed by atoms with Crippen molar-refractivity contribution in [2.75, 3.05) is 19.8 Å². The number of hydrogen-bond acceptors (Lipinski definition) is 5. The van der Waals surface area contributed by atoms with E-state index in [9.17, 15) is 4.79 Å². The van der Waals surface area contributed by atoms with E-state index in [0.717, 1.165) is 6.42 Å². The Labute approximate surface area is 103 Å². The van der Waals surface area contributed by atoms with Crippen LogP contribution in [0.2, 0.25) is 0 Å². The molecule has 2 unspecified atom stereocenters. The molecule has 0 saturated carbocycles. The standard InChI is InChI=1S/C12H23NO4/c1-12(2,3)16-7-6-15-11(14)10-5-4-9(8-13)17-10/h9-10H,4-8,13H2,1-3H3. The lowest BCUT2D eigenvalue weighted by Gasteiger charge is -2.19. The van der Waals surface area contributed by atoms with E-state index >= 15 is 0 Å². The van der Waals surface area contributed by atoms with Crippen molar-refractivity contribution in [3.63, 3.8) is 0 Å². The third-order valence-corrected chi connectivity index (χ3v) is 2.50. The summed E-state index contributed by atoms with van der Waals surface area (Å²) < 4.78 is 16.0. The Morgan fingerprint density at radius 2 is 2.06 bits per heavy atom. The van der Waals surface area contributed by atoms with E-state index in [0.29, 0.717) is 19.6 Å². The van der Waals surface area contributed by atoms with Gasteiger partial charge in [0.25, 0.3) is 0 Å². The maximum atomic E-state index is 11.6. The molecule has 0 bridgehead atoms. The molecule has 0 aliphatic carbocycles. The summed E-state index contributed by atoms with van der Waals surface area (Å²) in [6, 6.07) is 0. The van der Waals surface area contributed by atoms with E-state index in [2.05, 4.69) is 0 Å². The van der Waals surface area contributed by atoms with Crippen molar-refractivity contribution in [3.8, 4) is 0 Å². The topological polar surface area (TPSA) is 70.8 Å². The molecule has 1 fully saturated rings. The summed E-state index contributed by atoms with van der Waals surface area (Å²) in [4.78, 5) is 11.6. The first-order valence-electron chi connectivity index (χ1n) is 6.08. The summed E-state index contributed by atoms with van der Waals surface area (Å²) in [6.45, 7) is 7.00. The van der Waals surface area contributed by atoms with Crippen molar-refractivity contribution in [2.45, 2.75) is 51.4 Å². The molecule has 5 nitrogen and oxygen atoms in total. The first kappa shape index (κ1) is 14.4. The van der Waals surface area contributed by atoms with Gasteiger partial charge in [0.15, 0.2) is 6.10 Å².